The molecule has 1 aromatic carbocycles. The first-order chi connectivity index (χ1) is 10.2. The van der Waals surface area contributed by atoms with E-state index in [1.165, 1.54) is 11.3 Å². The van der Waals surface area contributed by atoms with Crippen LogP contribution in [-0.4, -0.2) is 44.1 Å². The van der Waals surface area contributed by atoms with Crippen molar-refractivity contribution < 1.29 is 9.53 Å². The lowest BCUT2D eigenvalue weighted by Crippen LogP contribution is -2.34. The molecule has 21 heavy (non-hydrogen) atoms. The summed E-state index contributed by atoms with van der Waals surface area (Å²) in [5.74, 6) is 0.621. The van der Waals surface area contributed by atoms with Gasteiger partial charge in [-0.2, -0.15) is 0 Å². The van der Waals surface area contributed by atoms with Crippen molar-refractivity contribution in [3.63, 3.8) is 0 Å². The van der Waals surface area contributed by atoms with Crippen molar-refractivity contribution in [1.29, 1.82) is 0 Å². The number of methoxy groups -OCH3 is 1. The molecule has 0 aliphatic rings. The van der Waals surface area contributed by atoms with Gasteiger partial charge >= 0.3 is 0 Å². The molecular weight excluding hydrogens is 284 g/mol. The number of hydrogen-bond acceptors (Lipinski definition) is 4. The lowest BCUT2D eigenvalue weighted by molar-refractivity contribution is 0.0950. The van der Waals surface area contributed by atoms with Gasteiger partial charge in [0.2, 0.25) is 0 Å². The number of nitrogens with zero attached hydrogens (tertiary/aromatic N) is 1. The van der Waals surface area contributed by atoms with Crippen LogP contribution in [-0.2, 0) is 0 Å². The van der Waals surface area contributed by atoms with Crippen LogP contribution in [0.3, 0.4) is 0 Å². The highest BCUT2D eigenvalue weighted by Gasteiger charge is 2.18. The van der Waals surface area contributed by atoms with Crippen LogP contribution < -0.4 is 10.1 Å². The number of ether oxygens (including phenoxy) is 1. The van der Waals surface area contributed by atoms with Crippen molar-refractivity contribution in [3.05, 3.63) is 29.1 Å². The Labute approximate surface area is 129 Å². The van der Waals surface area contributed by atoms with Gasteiger partial charge in [-0.15, -0.1) is 11.3 Å². The van der Waals surface area contributed by atoms with E-state index in [0.29, 0.717) is 17.2 Å². The molecular formula is C16H22N2O2S. The molecule has 0 aliphatic carbocycles. The smallest absolute Gasteiger partial charge is 0.265 e. The topological polar surface area (TPSA) is 41.6 Å². The van der Waals surface area contributed by atoms with Gasteiger partial charge in [0.05, 0.1) is 7.11 Å². The maximum Gasteiger partial charge on any atom is 0.265 e. The Hall–Kier alpha value is -1.59. The SMILES string of the molecule is CCN(CC)CCNC(=O)c1sc2ccccc2c1OC. The molecule has 0 saturated heterocycles. The first kappa shape index (κ1) is 15.8. The van der Waals surface area contributed by atoms with Crippen LogP contribution in [0.5, 0.6) is 5.75 Å². The van der Waals surface area contributed by atoms with Crippen molar-refractivity contribution in [2.45, 2.75) is 13.8 Å². The van der Waals surface area contributed by atoms with Gasteiger partial charge < -0.3 is 15.0 Å². The number of rotatable bonds is 7. The summed E-state index contributed by atoms with van der Waals surface area (Å²) >= 11 is 1.48. The summed E-state index contributed by atoms with van der Waals surface area (Å²) in [6.07, 6.45) is 0. The minimum atomic E-state index is -0.0554. The van der Waals surface area contributed by atoms with Crippen LogP contribution in [0.15, 0.2) is 24.3 Å². The summed E-state index contributed by atoms with van der Waals surface area (Å²) < 4.78 is 6.50. The molecule has 0 aliphatic heterocycles. The highest BCUT2D eigenvalue weighted by Crippen LogP contribution is 2.37. The van der Waals surface area contributed by atoms with Gasteiger partial charge in [0.15, 0.2) is 0 Å². The van der Waals surface area contributed by atoms with Gasteiger partial charge in [0.1, 0.15) is 10.6 Å². The van der Waals surface area contributed by atoms with E-state index in [4.69, 9.17) is 4.74 Å². The lowest BCUT2D eigenvalue weighted by Gasteiger charge is -2.17. The highest BCUT2D eigenvalue weighted by atomic mass is 32.1. The van der Waals surface area contributed by atoms with Crippen molar-refractivity contribution in [2.24, 2.45) is 0 Å². The zero-order chi connectivity index (χ0) is 15.2. The quantitative estimate of drug-likeness (QED) is 0.855. The fourth-order valence-electron chi connectivity index (χ4n) is 2.32. The molecule has 2 aromatic rings. The number of amides is 1. The standard InChI is InChI=1S/C16H22N2O2S/c1-4-18(5-2)11-10-17-16(19)15-14(20-3)12-8-6-7-9-13(12)21-15/h6-9H,4-5,10-11H2,1-3H3,(H,17,19). The summed E-state index contributed by atoms with van der Waals surface area (Å²) in [5.41, 5.74) is 0. The number of benzene rings is 1. The number of carbonyl (C=O) groups excluding carboxylic acids is 1. The third-order valence-electron chi connectivity index (χ3n) is 3.57. The molecule has 0 atom stereocenters. The van der Waals surface area contributed by atoms with E-state index in [1.807, 2.05) is 24.3 Å². The molecule has 114 valence electrons. The molecule has 1 heterocycles. The summed E-state index contributed by atoms with van der Waals surface area (Å²) in [5, 5.41) is 3.98. The predicted molar refractivity (Wildman–Crippen MR) is 88.5 cm³/mol. The van der Waals surface area contributed by atoms with Gasteiger partial charge in [-0.05, 0) is 25.2 Å². The monoisotopic (exact) mass is 306 g/mol. The second kappa shape index (κ2) is 7.43. The van der Waals surface area contributed by atoms with E-state index in [-0.39, 0.29) is 5.91 Å². The third kappa shape index (κ3) is 3.54. The minimum Gasteiger partial charge on any atom is -0.494 e. The van der Waals surface area contributed by atoms with Gasteiger partial charge in [-0.3, -0.25) is 4.79 Å². The van der Waals surface area contributed by atoms with Gasteiger partial charge in [0.25, 0.3) is 5.91 Å². The first-order valence-electron chi connectivity index (χ1n) is 7.27. The number of likely N-dealkylation sites (N-methyl/N-ethyl adjacent to an activating group) is 1. The summed E-state index contributed by atoms with van der Waals surface area (Å²) in [7, 11) is 1.61. The average Bonchev–Trinajstić information content (AvgIpc) is 2.90. The van der Waals surface area contributed by atoms with Gasteiger partial charge in [-0.25, -0.2) is 0 Å². The average molecular weight is 306 g/mol. The molecule has 1 aromatic heterocycles. The molecule has 1 amide bonds. The van der Waals surface area contributed by atoms with Crippen LogP contribution in [0.1, 0.15) is 23.5 Å². The Morgan fingerprint density at radius 3 is 2.67 bits per heavy atom. The number of carbonyl (C=O) groups is 1. The third-order valence-corrected chi connectivity index (χ3v) is 4.72. The molecule has 0 saturated carbocycles. The molecule has 0 fully saturated rings. The summed E-state index contributed by atoms with van der Waals surface area (Å²) in [4.78, 5) is 15.3. The second-order valence-electron chi connectivity index (χ2n) is 4.74. The molecule has 0 radical (unpaired) electrons. The Morgan fingerprint density at radius 1 is 1.29 bits per heavy atom. The van der Waals surface area contributed by atoms with Crippen LogP contribution in [0.2, 0.25) is 0 Å². The van der Waals surface area contributed by atoms with E-state index >= 15 is 0 Å². The maximum absolute atomic E-state index is 12.4. The van der Waals surface area contributed by atoms with E-state index < -0.39 is 0 Å². The van der Waals surface area contributed by atoms with E-state index in [2.05, 4.69) is 24.1 Å². The van der Waals surface area contributed by atoms with E-state index in [1.54, 1.807) is 7.11 Å². The van der Waals surface area contributed by atoms with Crippen LogP contribution in [0.25, 0.3) is 10.1 Å². The molecule has 0 unspecified atom stereocenters. The van der Waals surface area contributed by atoms with Crippen molar-refractivity contribution in [1.82, 2.24) is 10.2 Å². The Kier molecular flexibility index (Phi) is 5.59. The maximum atomic E-state index is 12.4. The van der Waals surface area contributed by atoms with E-state index in [0.717, 1.165) is 29.7 Å². The van der Waals surface area contributed by atoms with E-state index in [9.17, 15) is 4.79 Å². The molecule has 1 N–H and O–H groups in total. The highest BCUT2D eigenvalue weighted by molar-refractivity contribution is 7.21. The van der Waals surface area contributed by atoms with Crippen LogP contribution in [0.4, 0.5) is 0 Å². The normalized spacial score (nSPS) is 11.0. The zero-order valence-corrected chi connectivity index (χ0v) is 13.6. The Morgan fingerprint density at radius 2 is 2.00 bits per heavy atom. The number of thiophene rings is 1. The summed E-state index contributed by atoms with van der Waals surface area (Å²) in [6, 6.07) is 7.92. The van der Waals surface area contributed by atoms with Crippen molar-refractivity contribution in [3.8, 4) is 5.75 Å². The number of hydrogen-bond donors (Lipinski definition) is 1. The molecule has 0 spiro atoms. The summed E-state index contributed by atoms with van der Waals surface area (Å²) in [6.45, 7) is 7.77. The lowest BCUT2D eigenvalue weighted by atomic mass is 10.2. The Balaban J connectivity index is 2.09. The minimum absolute atomic E-state index is 0.0554. The fraction of sp³-hybridized carbons (Fsp3) is 0.438. The van der Waals surface area contributed by atoms with Crippen molar-refractivity contribution >= 4 is 27.3 Å². The predicted octanol–water partition coefficient (Wildman–Crippen LogP) is 2.98. The first-order valence-corrected chi connectivity index (χ1v) is 8.09. The fourth-order valence-corrected chi connectivity index (χ4v) is 3.41. The molecule has 4 nitrogen and oxygen atoms in total. The number of fused-ring (bicyclic) bond motifs is 1. The van der Waals surface area contributed by atoms with Gasteiger partial charge in [0, 0.05) is 23.2 Å². The Bertz CT molecular complexity index is 605. The molecule has 2 rings (SSSR count). The number of nitrogens with one attached hydrogen (secondary N) is 1. The van der Waals surface area contributed by atoms with Crippen LogP contribution in [0, 0.1) is 0 Å². The molecule has 5 heteroatoms. The second-order valence-corrected chi connectivity index (χ2v) is 5.80. The largest absolute Gasteiger partial charge is 0.494 e. The van der Waals surface area contributed by atoms with Crippen LogP contribution >= 0.6 is 11.3 Å². The molecule has 0 bridgehead atoms. The van der Waals surface area contributed by atoms with Gasteiger partial charge in [-0.1, -0.05) is 26.0 Å². The van der Waals surface area contributed by atoms with Crippen molar-refractivity contribution in [2.75, 3.05) is 33.3 Å². The zero-order valence-electron chi connectivity index (χ0n) is 12.8.